The lowest BCUT2D eigenvalue weighted by atomic mass is 9.84. The van der Waals surface area contributed by atoms with Crippen molar-refractivity contribution in [3.05, 3.63) is 41.6 Å². The van der Waals surface area contributed by atoms with E-state index in [2.05, 4.69) is 90.6 Å². The molecule has 0 bridgehead atoms. The molecule has 0 spiro atoms. The molecule has 0 fully saturated rings. The van der Waals surface area contributed by atoms with Gasteiger partial charge in [-0.1, -0.05) is 38.1 Å². The monoisotopic (exact) mass is 359 g/mol. The van der Waals surface area contributed by atoms with E-state index in [4.69, 9.17) is 9.47 Å². The Morgan fingerprint density at radius 1 is 1.00 bits per heavy atom. The van der Waals surface area contributed by atoms with Crippen molar-refractivity contribution < 1.29 is 9.47 Å². The number of anilines is 1. The Labute approximate surface area is 160 Å². The number of hydrogen-bond donors (Lipinski definition) is 0. The predicted molar refractivity (Wildman–Crippen MR) is 111 cm³/mol. The Morgan fingerprint density at radius 2 is 1.65 bits per heavy atom. The van der Waals surface area contributed by atoms with Crippen LogP contribution in [-0.2, 0) is 14.9 Å². The summed E-state index contributed by atoms with van der Waals surface area (Å²) in [5.41, 5.74) is 3.82. The lowest BCUT2D eigenvalue weighted by molar-refractivity contribution is -0.0643. The summed E-state index contributed by atoms with van der Waals surface area (Å²) in [4.78, 5) is 2.41. The molecule has 1 aliphatic heterocycles. The smallest absolute Gasteiger partial charge is 0.0653 e. The number of para-hydroxylation sites is 1. The Bertz CT molecular complexity index is 638. The van der Waals surface area contributed by atoms with Crippen molar-refractivity contribution in [1.29, 1.82) is 0 Å². The summed E-state index contributed by atoms with van der Waals surface area (Å²) in [7, 11) is 0. The van der Waals surface area contributed by atoms with Gasteiger partial charge in [0, 0.05) is 30.0 Å². The van der Waals surface area contributed by atoms with Crippen LogP contribution in [0.4, 0.5) is 5.69 Å². The topological polar surface area (TPSA) is 21.7 Å². The van der Waals surface area contributed by atoms with Crippen LogP contribution in [0.1, 0.15) is 67.4 Å². The molecule has 0 aromatic heterocycles. The van der Waals surface area contributed by atoms with Crippen molar-refractivity contribution in [3.63, 3.8) is 0 Å². The lowest BCUT2D eigenvalue weighted by Gasteiger charge is -2.30. The summed E-state index contributed by atoms with van der Waals surface area (Å²) in [6.45, 7) is 19.6. The molecule has 0 N–H and O–H groups in total. The van der Waals surface area contributed by atoms with Gasteiger partial charge in [-0.05, 0) is 59.6 Å². The molecule has 1 aromatic carbocycles. The largest absolute Gasteiger partial charge is 0.376 e. The first-order valence-corrected chi connectivity index (χ1v) is 9.80. The molecule has 1 aliphatic rings. The highest BCUT2D eigenvalue weighted by atomic mass is 16.5. The fourth-order valence-corrected chi connectivity index (χ4v) is 3.69. The summed E-state index contributed by atoms with van der Waals surface area (Å²) in [6.07, 6.45) is 3.13. The van der Waals surface area contributed by atoms with Crippen LogP contribution in [0.5, 0.6) is 0 Å². The second-order valence-corrected chi connectivity index (χ2v) is 9.29. The van der Waals surface area contributed by atoms with Gasteiger partial charge >= 0.3 is 0 Å². The lowest BCUT2D eigenvalue weighted by Crippen LogP contribution is -2.34. The van der Waals surface area contributed by atoms with Crippen molar-refractivity contribution >= 4 is 5.69 Å². The normalized spacial score (nSPS) is 18.5. The zero-order chi connectivity index (χ0) is 19.6. The second-order valence-electron chi connectivity index (χ2n) is 9.29. The molecule has 0 amide bonds. The predicted octanol–water partition coefficient (Wildman–Crippen LogP) is 5.69. The highest BCUT2D eigenvalue weighted by molar-refractivity contribution is 5.70. The van der Waals surface area contributed by atoms with Gasteiger partial charge in [-0.2, -0.15) is 0 Å². The summed E-state index contributed by atoms with van der Waals surface area (Å²) in [5, 5.41) is 0. The highest BCUT2D eigenvalue weighted by Gasteiger charge is 2.39. The molecule has 0 saturated heterocycles. The third-order valence-corrected chi connectivity index (χ3v) is 5.12. The van der Waals surface area contributed by atoms with Gasteiger partial charge in [-0.3, -0.25) is 0 Å². The fraction of sp³-hybridized carbons (Fsp3) is 0.652. The van der Waals surface area contributed by atoms with E-state index >= 15 is 0 Å². The van der Waals surface area contributed by atoms with E-state index in [-0.39, 0.29) is 16.6 Å². The quantitative estimate of drug-likeness (QED) is 0.624. The van der Waals surface area contributed by atoms with Crippen molar-refractivity contribution in [1.82, 2.24) is 0 Å². The molecule has 0 aliphatic carbocycles. The molecular formula is C23H37NO2. The number of fused-ring (bicyclic) bond motifs is 1. The van der Waals surface area contributed by atoms with Gasteiger partial charge in [0.05, 0.1) is 17.8 Å². The molecule has 0 unspecified atom stereocenters. The van der Waals surface area contributed by atoms with Crippen molar-refractivity contribution in [2.75, 3.05) is 24.7 Å². The first-order valence-electron chi connectivity index (χ1n) is 9.80. The Morgan fingerprint density at radius 3 is 2.27 bits per heavy atom. The minimum Gasteiger partial charge on any atom is -0.376 e. The van der Waals surface area contributed by atoms with Crippen molar-refractivity contribution in [3.8, 4) is 0 Å². The standard InChI is InChI=1S/C23H37NO2/c1-9-20-23(7,8)18-12-10-11-13-19(18)24(20)15-17-26-22(5,6)14-16-25-21(2,3)4/h9-13H,14-17H2,1-8H3/b20-9+. The minimum absolute atomic E-state index is 0.0431. The van der Waals surface area contributed by atoms with Gasteiger partial charge in [0.15, 0.2) is 0 Å². The average molecular weight is 360 g/mol. The van der Waals surface area contributed by atoms with E-state index in [0.29, 0.717) is 6.61 Å². The van der Waals surface area contributed by atoms with Crippen LogP contribution < -0.4 is 4.90 Å². The molecule has 2 rings (SSSR count). The van der Waals surface area contributed by atoms with E-state index in [9.17, 15) is 0 Å². The van der Waals surface area contributed by atoms with Crippen LogP contribution in [0, 0.1) is 0 Å². The van der Waals surface area contributed by atoms with Crippen LogP contribution >= 0.6 is 0 Å². The summed E-state index contributed by atoms with van der Waals surface area (Å²) in [5.74, 6) is 0. The van der Waals surface area contributed by atoms with Crippen LogP contribution in [0.15, 0.2) is 36.0 Å². The number of ether oxygens (including phenoxy) is 2. The van der Waals surface area contributed by atoms with E-state index in [1.54, 1.807) is 0 Å². The number of benzene rings is 1. The van der Waals surface area contributed by atoms with E-state index < -0.39 is 0 Å². The number of nitrogens with zero attached hydrogens (tertiary/aromatic N) is 1. The summed E-state index contributed by atoms with van der Waals surface area (Å²) in [6, 6.07) is 8.71. The Hall–Kier alpha value is -1.32. The van der Waals surface area contributed by atoms with Gasteiger partial charge < -0.3 is 14.4 Å². The molecule has 1 heterocycles. The van der Waals surface area contributed by atoms with Gasteiger partial charge in [-0.25, -0.2) is 0 Å². The molecule has 1 aromatic rings. The van der Waals surface area contributed by atoms with Crippen LogP contribution in [0.3, 0.4) is 0 Å². The van der Waals surface area contributed by atoms with E-state index in [1.807, 2.05) is 0 Å². The molecule has 0 radical (unpaired) electrons. The number of hydrogen-bond acceptors (Lipinski definition) is 3. The molecule has 146 valence electrons. The maximum Gasteiger partial charge on any atom is 0.0653 e. The third-order valence-electron chi connectivity index (χ3n) is 5.12. The van der Waals surface area contributed by atoms with Crippen molar-refractivity contribution in [2.45, 2.75) is 78.4 Å². The zero-order valence-electron chi connectivity index (χ0n) is 18.0. The summed E-state index contributed by atoms with van der Waals surface area (Å²) < 4.78 is 12.1. The molecular weight excluding hydrogens is 322 g/mol. The van der Waals surface area contributed by atoms with Crippen LogP contribution in [-0.4, -0.2) is 31.0 Å². The van der Waals surface area contributed by atoms with E-state index in [0.717, 1.165) is 19.6 Å². The van der Waals surface area contributed by atoms with Gasteiger partial charge in [0.1, 0.15) is 0 Å². The summed E-state index contributed by atoms with van der Waals surface area (Å²) >= 11 is 0. The molecule has 26 heavy (non-hydrogen) atoms. The highest BCUT2D eigenvalue weighted by Crippen LogP contribution is 2.47. The van der Waals surface area contributed by atoms with Gasteiger partial charge in [0.25, 0.3) is 0 Å². The maximum absolute atomic E-state index is 6.23. The van der Waals surface area contributed by atoms with Gasteiger partial charge in [0.2, 0.25) is 0 Å². The molecule has 3 heteroatoms. The molecule has 0 atom stereocenters. The first-order chi connectivity index (χ1) is 12.0. The average Bonchev–Trinajstić information content (AvgIpc) is 2.73. The van der Waals surface area contributed by atoms with Gasteiger partial charge in [-0.15, -0.1) is 0 Å². The third kappa shape index (κ3) is 4.89. The van der Waals surface area contributed by atoms with Crippen LogP contribution in [0.25, 0.3) is 0 Å². The molecule has 3 nitrogen and oxygen atoms in total. The maximum atomic E-state index is 6.23. The van der Waals surface area contributed by atoms with E-state index in [1.165, 1.54) is 16.9 Å². The second kappa shape index (κ2) is 7.74. The minimum atomic E-state index is -0.184. The number of allylic oxidation sites excluding steroid dienone is 2. The fourth-order valence-electron chi connectivity index (χ4n) is 3.69. The Balaban J connectivity index is 1.97. The van der Waals surface area contributed by atoms with Crippen molar-refractivity contribution in [2.24, 2.45) is 0 Å². The number of rotatable bonds is 7. The molecule has 0 saturated carbocycles. The SMILES string of the molecule is C/C=C1/N(CCOC(C)(C)CCOC(C)(C)C)c2ccccc2C1(C)C. The first kappa shape index (κ1) is 21.0. The zero-order valence-corrected chi connectivity index (χ0v) is 18.0. The Kier molecular flexibility index (Phi) is 6.24. The van der Waals surface area contributed by atoms with Crippen LogP contribution in [0.2, 0.25) is 0 Å².